The van der Waals surface area contributed by atoms with Crippen LogP contribution >= 0.6 is 0 Å². The molecule has 0 amide bonds. The molecule has 0 atom stereocenters. The highest BCUT2D eigenvalue weighted by Gasteiger charge is 2.05. The number of rotatable bonds is 8. The summed E-state index contributed by atoms with van der Waals surface area (Å²) in [6.07, 6.45) is 5.91. The van der Waals surface area contributed by atoms with Gasteiger partial charge in [0.25, 0.3) is 5.56 Å². The third-order valence-electron chi connectivity index (χ3n) is 4.54. The number of aromatic nitrogens is 1. The van der Waals surface area contributed by atoms with Crippen molar-refractivity contribution < 1.29 is 9.84 Å². The van der Waals surface area contributed by atoms with E-state index in [4.69, 9.17) is 4.74 Å². The van der Waals surface area contributed by atoms with Crippen molar-refractivity contribution in [3.8, 4) is 11.5 Å². The summed E-state index contributed by atoms with van der Waals surface area (Å²) >= 11 is 0. The van der Waals surface area contributed by atoms with Gasteiger partial charge in [-0.3, -0.25) is 4.79 Å². The number of fused-ring (bicyclic) bond motifs is 1. The zero-order valence-electron chi connectivity index (χ0n) is 15.1. The minimum absolute atomic E-state index is 0.000265. The first-order valence-electron chi connectivity index (χ1n) is 9.21. The third-order valence-corrected chi connectivity index (χ3v) is 4.54. The second kappa shape index (κ2) is 8.56. The molecule has 2 aromatic carbocycles. The van der Waals surface area contributed by atoms with Crippen molar-refractivity contribution in [1.29, 1.82) is 0 Å². The number of ether oxygens (including phenoxy) is 1. The molecule has 4 heteroatoms. The van der Waals surface area contributed by atoms with Crippen molar-refractivity contribution in [2.45, 2.75) is 39.2 Å². The quantitative estimate of drug-likeness (QED) is 0.607. The van der Waals surface area contributed by atoms with E-state index in [1.165, 1.54) is 0 Å². The predicted molar refractivity (Wildman–Crippen MR) is 105 cm³/mol. The van der Waals surface area contributed by atoms with Crippen LogP contribution in [-0.4, -0.2) is 16.3 Å². The fourth-order valence-electron chi connectivity index (χ4n) is 2.98. The standard InChI is InChI=1S/C22H25NO3/c1-2-3-4-15-26-20-10-7-18-12-14-23(22(25)21(18)16-20)13-11-17-5-8-19(24)9-6-17/h5-10,12,14,16,24H,2-4,11,13,15H2,1H3. The number of hydrogen-bond acceptors (Lipinski definition) is 3. The second-order valence-electron chi connectivity index (χ2n) is 6.54. The molecule has 3 aromatic rings. The molecule has 0 fully saturated rings. The minimum Gasteiger partial charge on any atom is -0.508 e. The van der Waals surface area contributed by atoms with Gasteiger partial charge in [0.05, 0.1) is 12.0 Å². The lowest BCUT2D eigenvalue weighted by molar-refractivity contribution is 0.306. The van der Waals surface area contributed by atoms with E-state index >= 15 is 0 Å². The van der Waals surface area contributed by atoms with E-state index in [0.717, 1.165) is 42.4 Å². The fourth-order valence-corrected chi connectivity index (χ4v) is 2.98. The van der Waals surface area contributed by atoms with E-state index in [0.29, 0.717) is 18.5 Å². The molecule has 0 aliphatic carbocycles. The van der Waals surface area contributed by atoms with Crippen LogP contribution in [0.5, 0.6) is 11.5 Å². The molecule has 0 saturated carbocycles. The predicted octanol–water partition coefficient (Wildman–Crippen LogP) is 4.52. The van der Waals surface area contributed by atoms with Gasteiger partial charge in [0, 0.05) is 12.7 Å². The molecule has 4 nitrogen and oxygen atoms in total. The van der Waals surface area contributed by atoms with Crippen LogP contribution in [0.15, 0.2) is 59.5 Å². The highest BCUT2D eigenvalue weighted by atomic mass is 16.5. The summed E-state index contributed by atoms with van der Waals surface area (Å²) in [4.78, 5) is 12.8. The van der Waals surface area contributed by atoms with Gasteiger partial charge in [-0.15, -0.1) is 0 Å². The Bertz CT molecular complexity index is 913. The van der Waals surface area contributed by atoms with E-state index in [9.17, 15) is 9.90 Å². The summed E-state index contributed by atoms with van der Waals surface area (Å²) < 4.78 is 7.51. The summed E-state index contributed by atoms with van der Waals surface area (Å²) in [5.41, 5.74) is 1.09. The fraction of sp³-hybridized carbons (Fsp3) is 0.318. The van der Waals surface area contributed by atoms with Gasteiger partial charge >= 0.3 is 0 Å². The molecule has 26 heavy (non-hydrogen) atoms. The van der Waals surface area contributed by atoms with Crippen LogP contribution in [0.25, 0.3) is 10.8 Å². The smallest absolute Gasteiger partial charge is 0.258 e. The maximum absolute atomic E-state index is 12.8. The Labute approximate surface area is 153 Å². The molecule has 0 saturated heterocycles. The van der Waals surface area contributed by atoms with E-state index in [-0.39, 0.29) is 11.3 Å². The largest absolute Gasteiger partial charge is 0.508 e. The summed E-state index contributed by atoms with van der Waals surface area (Å²) in [5, 5.41) is 11.0. The van der Waals surface area contributed by atoms with Gasteiger partial charge in [0.15, 0.2) is 0 Å². The van der Waals surface area contributed by atoms with Crippen LogP contribution in [0.3, 0.4) is 0 Å². The van der Waals surface area contributed by atoms with Crippen LogP contribution < -0.4 is 10.3 Å². The zero-order valence-corrected chi connectivity index (χ0v) is 15.1. The summed E-state index contributed by atoms with van der Waals surface area (Å²) in [5.74, 6) is 1.00. The lowest BCUT2D eigenvalue weighted by Gasteiger charge is -2.10. The normalized spacial score (nSPS) is 11.0. The summed E-state index contributed by atoms with van der Waals surface area (Å²) in [6, 6.07) is 14.8. The van der Waals surface area contributed by atoms with Crippen molar-refractivity contribution in [2.24, 2.45) is 0 Å². The van der Waals surface area contributed by atoms with Crippen LogP contribution in [0.2, 0.25) is 0 Å². The molecule has 136 valence electrons. The first-order valence-corrected chi connectivity index (χ1v) is 9.21. The number of aryl methyl sites for hydroxylation is 2. The van der Waals surface area contributed by atoms with Crippen molar-refractivity contribution in [3.63, 3.8) is 0 Å². The lowest BCUT2D eigenvalue weighted by atomic mass is 10.1. The van der Waals surface area contributed by atoms with Crippen molar-refractivity contribution >= 4 is 10.8 Å². The van der Waals surface area contributed by atoms with Gasteiger partial charge in [-0.05, 0) is 54.1 Å². The van der Waals surface area contributed by atoms with Crippen LogP contribution in [0.4, 0.5) is 0 Å². The first kappa shape index (κ1) is 18.1. The van der Waals surface area contributed by atoms with Gasteiger partial charge in [0.2, 0.25) is 0 Å². The van der Waals surface area contributed by atoms with Crippen LogP contribution in [0, 0.1) is 0 Å². The van der Waals surface area contributed by atoms with Crippen LogP contribution in [-0.2, 0) is 13.0 Å². The van der Waals surface area contributed by atoms with Gasteiger partial charge < -0.3 is 14.4 Å². The molecule has 1 N–H and O–H groups in total. The average Bonchev–Trinajstić information content (AvgIpc) is 2.66. The number of phenols is 1. The number of benzene rings is 2. The van der Waals surface area contributed by atoms with Crippen molar-refractivity contribution in [1.82, 2.24) is 4.57 Å². The Morgan fingerprint density at radius 3 is 2.62 bits per heavy atom. The maximum atomic E-state index is 12.8. The summed E-state index contributed by atoms with van der Waals surface area (Å²) in [6.45, 7) is 3.44. The SMILES string of the molecule is CCCCCOc1ccc2ccn(CCc3ccc(O)cc3)c(=O)c2c1. The Morgan fingerprint density at radius 1 is 1.04 bits per heavy atom. The zero-order chi connectivity index (χ0) is 18.4. The molecule has 1 heterocycles. The Kier molecular flexibility index (Phi) is 5.95. The Morgan fingerprint density at radius 2 is 1.85 bits per heavy atom. The average molecular weight is 351 g/mol. The molecule has 1 aromatic heterocycles. The number of phenolic OH excluding ortho intramolecular Hbond substituents is 1. The highest BCUT2D eigenvalue weighted by molar-refractivity contribution is 5.82. The molecular formula is C22H25NO3. The monoisotopic (exact) mass is 351 g/mol. The Hall–Kier alpha value is -2.75. The van der Waals surface area contributed by atoms with E-state index in [2.05, 4.69) is 6.92 Å². The molecule has 0 unspecified atom stereocenters. The van der Waals surface area contributed by atoms with Crippen molar-refractivity contribution in [2.75, 3.05) is 6.61 Å². The van der Waals surface area contributed by atoms with Crippen LogP contribution in [0.1, 0.15) is 31.7 Å². The Balaban J connectivity index is 1.75. The number of nitrogens with zero attached hydrogens (tertiary/aromatic N) is 1. The molecule has 0 bridgehead atoms. The van der Waals surface area contributed by atoms with E-state index in [1.54, 1.807) is 16.7 Å². The van der Waals surface area contributed by atoms with Gasteiger partial charge in [-0.25, -0.2) is 0 Å². The minimum atomic E-state index is 0.000265. The summed E-state index contributed by atoms with van der Waals surface area (Å²) in [7, 11) is 0. The second-order valence-corrected chi connectivity index (χ2v) is 6.54. The first-order chi connectivity index (χ1) is 12.7. The molecule has 0 radical (unpaired) electrons. The molecule has 3 rings (SSSR count). The molecule has 0 aliphatic rings. The third kappa shape index (κ3) is 4.45. The molecule has 0 spiro atoms. The van der Waals surface area contributed by atoms with Gasteiger partial charge in [0.1, 0.15) is 11.5 Å². The lowest BCUT2D eigenvalue weighted by Crippen LogP contribution is -2.20. The number of pyridine rings is 1. The number of aromatic hydroxyl groups is 1. The van der Waals surface area contributed by atoms with Gasteiger partial charge in [-0.1, -0.05) is 38.0 Å². The number of hydrogen-bond donors (Lipinski definition) is 1. The number of unbranched alkanes of at least 4 members (excludes halogenated alkanes) is 2. The topological polar surface area (TPSA) is 51.5 Å². The highest BCUT2D eigenvalue weighted by Crippen LogP contribution is 2.19. The van der Waals surface area contributed by atoms with E-state index in [1.807, 2.05) is 42.6 Å². The molecular weight excluding hydrogens is 326 g/mol. The van der Waals surface area contributed by atoms with Gasteiger partial charge in [-0.2, -0.15) is 0 Å². The maximum Gasteiger partial charge on any atom is 0.258 e. The van der Waals surface area contributed by atoms with E-state index < -0.39 is 0 Å². The van der Waals surface area contributed by atoms with Crippen molar-refractivity contribution in [3.05, 3.63) is 70.6 Å². The molecule has 0 aliphatic heterocycles.